The minimum absolute atomic E-state index is 0.0387. The van der Waals surface area contributed by atoms with Crippen LogP contribution in [0, 0.1) is 12.8 Å². The van der Waals surface area contributed by atoms with Crippen molar-refractivity contribution in [3.05, 3.63) is 34.3 Å². The minimum Gasteiger partial charge on any atom is -0.393 e. The fraction of sp³-hybridized carbons (Fsp3) is 0.500. The van der Waals surface area contributed by atoms with E-state index < -0.39 is 0 Å². The van der Waals surface area contributed by atoms with Crippen molar-refractivity contribution in [1.29, 1.82) is 0 Å². The lowest BCUT2D eigenvalue weighted by atomic mass is 10.0. The molecule has 1 heterocycles. The smallest absolute Gasteiger partial charge is 0.255 e. The maximum absolute atomic E-state index is 12.3. The molecule has 2 unspecified atom stereocenters. The number of hydrogen-bond acceptors (Lipinski definition) is 2. The summed E-state index contributed by atoms with van der Waals surface area (Å²) in [5, 5.41) is 10.0. The Labute approximate surface area is 112 Å². The zero-order valence-corrected chi connectivity index (χ0v) is 11.4. The van der Waals surface area contributed by atoms with Gasteiger partial charge in [0.1, 0.15) is 0 Å². The molecule has 0 aromatic heterocycles. The van der Waals surface area contributed by atoms with Gasteiger partial charge in [-0.05, 0) is 38.0 Å². The van der Waals surface area contributed by atoms with E-state index in [1.165, 1.54) is 0 Å². The summed E-state index contributed by atoms with van der Waals surface area (Å²) in [6.07, 6.45) is 0.490. The number of amides is 1. The first-order chi connectivity index (χ1) is 8.49. The molecule has 1 amide bonds. The molecule has 4 heteroatoms. The van der Waals surface area contributed by atoms with Crippen molar-refractivity contribution in [2.75, 3.05) is 13.1 Å². The van der Waals surface area contributed by atoms with Crippen LogP contribution in [0.5, 0.6) is 0 Å². The van der Waals surface area contributed by atoms with Gasteiger partial charge in [-0.1, -0.05) is 17.7 Å². The summed E-state index contributed by atoms with van der Waals surface area (Å²) >= 11 is 6.10. The molecule has 0 bridgehead atoms. The van der Waals surface area contributed by atoms with Crippen molar-refractivity contribution in [3.63, 3.8) is 0 Å². The van der Waals surface area contributed by atoms with E-state index in [1.54, 1.807) is 24.0 Å². The van der Waals surface area contributed by atoms with E-state index in [9.17, 15) is 9.90 Å². The Bertz CT molecular complexity index is 459. The first kappa shape index (κ1) is 13.4. The maximum Gasteiger partial charge on any atom is 0.255 e. The van der Waals surface area contributed by atoms with E-state index in [2.05, 4.69) is 0 Å². The van der Waals surface area contributed by atoms with E-state index in [4.69, 9.17) is 11.6 Å². The Balaban J connectivity index is 2.13. The van der Waals surface area contributed by atoms with E-state index in [0.29, 0.717) is 23.7 Å². The third-order valence-corrected chi connectivity index (χ3v) is 3.86. The minimum atomic E-state index is -0.365. The molecule has 18 heavy (non-hydrogen) atoms. The molecule has 0 radical (unpaired) electrons. The number of aryl methyl sites for hydroxylation is 1. The molecular weight excluding hydrogens is 250 g/mol. The molecule has 2 atom stereocenters. The number of aliphatic hydroxyl groups excluding tert-OH is 1. The van der Waals surface area contributed by atoms with Gasteiger partial charge in [0.25, 0.3) is 5.91 Å². The molecule has 1 N–H and O–H groups in total. The highest BCUT2D eigenvalue weighted by Crippen LogP contribution is 2.24. The van der Waals surface area contributed by atoms with Crippen molar-refractivity contribution >= 4 is 17.5 Å². The quantitative estimate of drug-likeness (QED) is 0.894. The molecule has 0 saturated carbocycles. The third kappa shape index (κ3) is 2.68. The van der Waals surface area contributed by atoms with Crippen LogP contribution in [-0.2, 0) is 0 Å². The molecule has 1 saturated heterocycles. The molecule has 3 nitrogen and oxygen atoms in total. The summed E-state index contributed by atoms with van der Waals surface area (Å²) < 4.78 is 0. The number of nitrogens with zero attached hydrogens (tertiary/aromatic N) is 1. The second-order valence-electron chi connectivity index (χ2n) is 5.02. The second-order valence-corrected chi connectivity index (χ2v) is 5.43. The summed E-state index contributed by atoms with van der Waals surface area (Å²) in [4.78, 5) is 14.1. The fourth-order valence-electron chi connectivity index (χ4n) is 2.33. The summed E-state index contributed by atoms with van der Waals surface area (Å²) in [6, 6.07) is 5.47. The molecule has 1 fully saturated rings. The van der Waals surface area contributed by atoms with Crippen LogP contribution in [0.15, 0.2) is 18.2 Å². The number of carbonyl (C=O) groups is 1. The Morgan fingerprint density at radius 3 is 2.83 bits per heavy atom. The van der Waals surface area contributed by atoms with Crippen LogP contribution in [0.25, 0.3) is 0 Å². The van der Waals surface area contributed by atoms with Crippen LogP contribution >= 0.6 is 11.6 Å². The Morgan fingerprint density at radius 1 is 1.56 bits per heavy atom. The first-order valence-corrected chi connectivity index (χ1v) is 6.60. The summed E-state index contributed by atoms with van der Waals surface area (Å²) in [5.41, 5.74) is 1.59. The van der Waals surface area contributed by atoms with Crippen LogP contribution in [0.4, 0.5) is 0 Å². The molecule has 1 aromatic carbocycles. The molecular formula is C14H18ClNO2. The first-order valence-electron chi connectivity index (χ1n) is 6.22. The normalized spacial score (nSPS) is 21.1. The maximum atomic E-state index is 12.3. The van der Waals surface area contributed by atoms with Crippen molar-refractivity contribution in [3.8, 4) is 0 Å². The number of hydrogen-bond donors (Lipinski definition) is 1. The molecule has 98 valence electrons. The van der Waals surface area contributed by atoms with E-state index in [-0.39, 0.29) is 17.9 Å². The average molecular weight is 268 g/mol. The van der Waals surface area contributed by atoms with Gasteiger partial charge in [0.05, 0.1) is 16.7 Å². The third-order valence-electron chi connectivity index (χ3n) is 3.55. The van der Waals surface area contributed by atoms with Gasteiger partial charge in [0.2, 0.25) is 0 Å². The SMILES string of the molecule is Cc1ccc(C(=O)N2CCC(C(C)O)C2)c(Cl)c1. The lowest BCUT2D eigenvalue weighted by Gasteiger charge is -2.18. The van der Waals surface area contributed by atoms with Crippen molar-refractivity contribution in [1.82, 2.24) is 4.90 Å². The van der Waals surface area contributed by atoms with Gasteiger partial charge >= 0.3 is 0 Å². The van der Waals surface area contributed by atoms with Crippen molar-refractivity contribution < 1.29 is 9.90 Å². The standard InChI is InChI=1S/C14H18ClNO2/c1-9-3-4-12(13(15)7-9)14(18)16-6-5-11(8-16)10(2)17/h3-4,7,10-11,17H,5-6,8H2,1-2H3. The highest BCUT2D eigenvalue weighted by atomic mass is 35.5. The predicted octanol–water partition coefficient (Wildman–Crippen LogP) is 2.49. The second kappa shape index (κ2) is 5.29. The van der Waals surface area contributed by atoms with Crippen molar-refractivity contribution in [2.45, 2.75) is 26.4 Å². The predicted molar refractivity (Wildman–Crippen MR) is 71.9 cm³/mol. The largest absolute Gasteiger partial charge is 0.393 e. The van der Waals surface area contributed by atoms with Crippen LogP contribution < -0.4 is 0 Å². The van der Waals surface area contributed by atoms with Gasteiger partial charge in [0, 0.05) is 19.0 Å². The molecule has 2 rings (SSSR count). The topological polar surface area (TPSA) is 40.5 Å². The Hall–Kier alpha value is -1.06. The molecule has 1 aromatic rings. The van der Waals surface area contributed by atoms with E-state index in [1.807, 2.05) is 13.0 Å². The summed E-state index contributed by atoms with van der Waals surface area (Å²) in [6.45, 7) is 5.02. The molecule has 1 aliphatic heterocycles. The number of aliphatic hydroxyl groups is 1. The number of carbonyl (C=O) groups excluding carboxylic acids is 1. The van der Waals surface area contributed by atoms with Gasteiger partial charge in [-0.2, -0.15) is 0 Å². The Kier molecular flexibility index (Phi) is 3.93. The van der Waals surface area contributed by atoms with Crippen LogP contribution in [0.3, 0.4) is 0 Å². The zero-order valence-electron chi connectivity index (χ0n) is 10.7. The molecule has 0 aliphatic carbocycles. The lowest BCUT2D eigenvalue weighted by Crippen LogP contribution is -2.30. The van der Waals surface area contributed by atoms with Gasteiger partial charge in [0.15, 0.2) is 0 Å². The Morgan fingerprint density at radius 2 is 2.28 bits per heavy atom. The monoisotopic (exact) mass is 267 g/mol. The number of benzene rings is 1. The van der Waals surface area contributed by atoms with Gasteiger partial charge in [-0.15, -0.1) is 0 Å². The van der Waals surface area contributed by atoms with Crippen molar-refractivity contribution in [2.24, 2.45) is 5.92 Å². The lowest BCUT2D eigenvalue weighted by molar-refractivity contribution is 0.0762. The van der Waals surface area contributed by atoms with Crippen LogP contribution in [0.1, 0.15) is 29.3 Å². The fourth-order valence-corrected chi connectivity index (χ4v) is 2.65. The summed E-state index contributed by atoms with van der Waals surface area (Å²) in [7, 11) is 0. The van der Waals surface area contributed by atoms with Crippen LogP contribution in [0.2, 0.25) is 5.02 Å². The highest BCUT2D eigenvalue weighted by molar-refractivity contribution is 6.33. The number of likely N-dealkylation sites (tertiary alicyclic amines) is 1. The highest BCUT2D eigenvalue weighted by Gasteiger charge is 2.30. The number of halogens is 1. The van der Waals surface area contributed by atoms with E-state index >= 15 is 0 Å². The molecule has 1 aliphatic rings. The zero-order chi connectivity index (χ0) is 13.3. The number of rotatable bonds is 2. The van der Waals surface area contributed by atoms with E-state index in [0.717, 1.165) is 12.0 Å². The van der Waals surface area contributed by atoms with Crippen LogP contribution in [-0.4, -0.2) is 35.1 Å². The summed E-state index contributed by atoms with van der Waals surface area (Å²) in [5.74, 6) is 0.140. The van der Waals surface area contributed by atoms with Gasteiger partial charge in [-0.25, -0.2) is 0 Å². The molecule has 0 spiro atoms. The van der Waals surface area contributed by atoms with Gasteiger partial charge in [-0.3, -0.25) is 4.79 Å². The van der Waals surface area contributed by atoms with Gasteiger partial charge < -0.3 is 10.0 Å². The average Bonchev–Trinajstić information content (AvgIpc) is 2.77.